The molecule has 0 radical (unpaired) electrons. The zero-order chi connectivity index (χ0) is 19.8. The van der Waals surface area contributed by atoms with Crippen molar-refractivity contribution in [2.75, 3.05) is 6.54 Å². The Labute approximate surface area is 157 Å². The van der Waals surface area contributed by atoms with Crippen molar-refractivity contribution < 1.29 is 19.5 Å². The molecule has 8 nitrogen and oxygen atoms in total. The van der Waals surface area contributed by atoms with E-state index in [-0.39, 0.29) is 12.5 Å². The summed E-state index contributed by atoms with van der Waals surface area (Å²) in [6, 6.07) is 7.88. The number of carboxylic acids is 1. The summed E-state index contributed by atoms with van der Waals surface area (Å²) in [7, 11) is 0. The van der Waals surface area contributed by atoms with E-state index in [0.29, 0.717) is 18.5 Å². The van der Waals surface area contributed by atoms with Gasteiger partial charge in [0.1, 0.15) is 6.04 Å². The van der Waals surface area contributed by atoms with Crippen LogP contribution in [-0.2, 0) is 16.1 Å². The first-order valence-electron chi connectivity index (χ1n) is 8.72. The van der Waals surface area contributed by atoms with Crippen LogP contribution in [0.15, 0.2) is 42.7 Å². The average molecular weight is 372 g/mol. The number of rotatable bonds is 9. The van der Waals surface area contributed by atoms with Crippen molar-refractivity contribution in [2.45, 2.75) is 32.9 Å². The summed E-state index contributed by atoms with van der Waals surface area (Å²) in [5.41, 5.74) is 1.21. The minimum absolute atomic E-state index is 0.121. The first kappa shape index (κ1) is 20.2. The largest absolute Gasteiger partial charge is 0.480 e. The van der Waals surface area contributed by atoms with Crippen LogP contribution in [0.2, 0.25) is 0 Å². The number of hydrogen-bond donors (Lipinski definition) is 3. The minimum Gasteiger partial charge on any atom is -0.480 e. The predicted octanol–water partition coefficient (Wildman–Crippen LogP) is 1.28. The minimum atomic E-state index is -1.09. The Bertz CT molecular complexity index is 787. The highest BCUT2D eigenvalue weighted by Crippen LogP contribution is 2.10. The highest BCUT2D eigenvalue weighted by atomic mass is 16.4. The molecule has 144 valence electrons. The molecule has 0 fully saturated rings. The lowest BCUT2D eigenvalue weighted by Gasteiger charge is -2.17. The molecule has 1 atom stereocenters. The van der Waals surface area contributed by atoms with Gasteiger partial charge in [0.05, 0.1) is 13.1 Å². The number of nitrogens with zero attached hydrogens (tertiary/aromatic N) is 2. The number of benzene rings is 1. The average Bonchev–Trinajstić information content (AvgIpc) is 3.12. The van der Waals surface area contributed by atoms with Crippen LogP contribution in [0.5, 0.6) is 0 Å². The second-order valence-corrected chi connectivity index (χ2v) is 6.63. The van der Waals surface area contributed by atoms with Crippen molar-refractivity contribution in [3.63, 3.8) is 0 Å². The number of nitrogens with one attached hydrogen (secondary N) is 2. The monoisotopic (exact) mass is 372 g/mol. The number of carboxylic acid groups (broad SMARTS) is 1. The maximum atomic E-state index is 12.5. The summed E-state index contributed by atoms with van der Waals surface area (Å²) >= 11 is 0. The number of carbonyl (C=O) groups excluding carboxylic acids is 2. The van der Waals surface area contributed by atoms with Crippen LogP contribution in [-0.4, -0.2) is 45.3 Å². The highest BCUT2D eigenvalue weighted by molar-refractivity contribution is 5.98. The van der Waals surface area contributed by atoms with E-state index >= 15 is 0 Å². The normalized spacial score (nSPS) is 11.8. The molecule has 2 rings (SSSR count). The molecule has 1 aromatic heterocycles. The van der Waals surface area contributed by atoms with Gasteiger partial charge in [-0.15, -0.1) is 0 Å². The van der Waals surface area contributed by atoms with Crippen LogP contribution >= 0.6 is 0 Å². The summed E-state index contributed by atoms with van der Waals surface area (Å²) in [5.74, 6) is -1.91. The van der Waals surface area contributed by atoms with Gasteiger partial charge in [0.15, 0.2) is 0 Å². The molecule has 2 amide bonds. The molecule has 0 unspecified atom stereocenters. The Morgan fingerprint density at radius 1 is 1.19 bits per heavy atom. The van der Waals surface area contributed by atoms with E-state index in [4.69, 9.17) is 0 Å². The maximum Gasteiger partial charge on any atom is 0.326 e. The van der Waals surface area contributed by atoms with Gasteiger partial charge in [-0.25, -0.2) is 4.79 Å². The molecule has 0 bridgehead atoms. The summed E-state index contributed by atoms with van der Waals surface area (Å²) < 4.78 is 1.70. The van der Waals surface area contributed by atoms with Gasteiger partial charge in [-0.3, -0.25) is 14.3 Å². The SMILES string of the molecule is CC(C)C[C@H](NC(=O)CNC(=O)c1ccccc1Cn1cccn1)C(=O)O. The Hall–Kier alpha value is -3.16. The van der Waals surface area contributed by atoms with Gasteiger partial charge >= 0.3 is 5.97 Å². The molecule has 1 aromatic carbocycles. The van der Waals surface area contributed by atoms with E-state index in [1.807, 2.05) is 26.0 Å². The Balaban J connectivity index is 1.95. The third-order valence-electron chi connectivity index (χ3n) is 3.90. The lowest BCUT2D eigenvalue weighted by atomic mass is 10.0. The lowest BCUT2D eigenvalue weighted by molar-refractivity contribution is -0.142. The predicted molar refractivity (Wildman–Crippen MR) is 99.1 cm³/mol. The zero-order valence-electron chi connectivity index (χ0n) is 15.4. The lowest BCUT2D eigenvalue weighted by Crippen LogP contribution is -2.46. The third-order valence-corrected chi connectivity index (χ3v) is 3.90. The third kappa shape index (κ3) is 6.25. The van der Waals surface area contributed by atoms with Crippen LogP contribution < -0.4 is 10.6 Å². The molecular weight excluding hydrogens is 348 g/mol. The fraction of sp³-hybridized carbons (Fsp3) is 0.368. The van der Waals surface area contributed by atoms with E-state index in [9.17, 15) is 19.5 Å². The molecule has 0 spiro atoms. The van der Waals surface area contributed by atoms with Crippen molar-refractivity contribution in [2.24, 2.45) is 5.92 Å². The number of aromatic nitrogens is 2. The van der Waals surface area contributed by atoms with Gasteiger partial charge in [0.25, 0.3) is 5.91 Å². The summed E-state index contributed by atoms with van der Waals surface area (Å²) in [6.07, 6.45) is 3.77. The van der Waals surface area contributed by atoms with Crippen molar-refractivity contribution in [1.29, 1.82) is 0 Å². The molecule has 0 saturated carbocycles. The van der Waals surface area contributed by atoms with E-state index < -0.39 is 23.8 Å². The van der Waals surface area contributed by atoms with Crippen molar-refractivity contribution in [3.05, 3.63) is 53.9 Å². The number of amides is 2. The first-order valence-corrected chi connectivity index (χ1v) is 8.72. The fourth-order valence-corrected chi connectivity index (χ4v) is 2.64. The van der Waals surface area contributed by atoms with Crippen LogP contribution in [0.1, 0.15) is 36.2 Å². The topological polar surface area (TPSA) is 113 Å². The maximum absolute atomic E-state index is 12.5. The van der Waals surface area contributed by atoms with E-state index in [1.165, 1.54) is 0 Å². The van der Waals surface area contributed by atoms with Crippen molar-refractivity contribution >= 4 is 17.8 Å². The second kappa shape index (κ2) is 9.51. The van der Waals surface area contributed by atoms with Crippen molar-refractivity contribution in [3.8, 4) is 0 Å². The zero-order valence-corrected chi connectivity index (χ0v) is 15.4. The van der Waals surface area contributed by atoms with E-state index in [2.05, 4.69) is 15.7 Å². The number of carbonyl (C=O) groups is 3. The van der Waals surface area contributed by atoms with Gasteiger partial charge in [-0.2, -0.15) is 5.10 Å². The van der Waals surface area contributed by atoms with Gasteiger partial charge in [-0.1, -0.05) is 32.0 Å². The van der Waals surface area contributed by atoms with Gasteiger partial charge < -0.3 is 15.7 Å². The summed E-state index contributed by atoms with van der Waals surface area (Å²) in [5, 5.41) is 18.3. The van der Waals surface area contributed by atoms with Crippen LogP contribution in [0.4, 0.5) is 0 Å². The van der Waals surface area contributed by atoms with Gasteiger partial charge in [-0.05, 0) is 30.0 Å². The molecule has 0 aliphatic carbocycles. The molecule has 1 heterocycles. The highest BCUT2D eigenvalue weighted by Gasteiger charge is 2.21. The molecule has 27 heavy (non-hydrogen) atoms. The number of hydrogen-bond acceptors (Lipinski definition) is 4. The number of aliphatic carboxylic acids is 1. The molecule has 0 saturated heterocycles. The molecule has 3 N–H and O–H groups in total. The Morgan fingerprint density at radius 2 is 1.93 bits per heavy atom. The summed E-state index contributed by atoms with van der Waals surface area (Å²) in [4.78, 5) is 35.7. The molecule has 0 aliphatic rings. The molecule has 8 heteroatoms. The second-order valence-electron chi connectivity index (χ2n) is 6.63. The van der Waals surface area contributed by atoms with E-state index in [1.54, 1.807) is 35.3 Å². The standard InChI is InChI=1S/C19H24N4O4/c1-13(2)10-16(19(26)27)22-17(24)11-20-18(25)15-7-4-3-6-14(15)12-23-9-5-8-21-23/h3-9,13,16H,10-12H2,1-2H3,(H,20,25)(H,22,24)(H,26,27)/t16-/m0/s1. The Morgan fingerprint density at radius 3 is 2.56 bits per heavy atom. The van der Waals surface area contributed by atoms with Crippen LogP contribution in [0.25, 0.3) is 0 Å². The smallest absolute Gasteiger partial charge is 0.326 e. The van der Waals surface area contributed by atoms with E-state index in [0.717, 1.165) is 5.56 Å². The van der Waals surface area contributed by atoms with Crippen LogP contribution in [0, 0.1) is 5.92 Å². The van der Waals surface area contributed by atoms with Crippen molar-refractivity contribution in [1.82, 2.24) is 20.4 Å². The van der Waals surface area contributed by atoms with Gasteiger partial charge in [0, 0.05) is 18.0 Å². The first-order chi connectivity index (χ1) is 12.9. The van der Waals surface area contributed by atoms with Crippen LogP contribution in [0.3, 0.4) is 0 Å². The van der Waals surface area contributed by atoms with Gasteiger partial charge in [0.2, 0.25) is 5.91 Å². The summed E-state index contributed by atoms with van der Waals surface area (Å²) in [6.45, 7) is 3.88. The molecule has 0 aliphatic heterocycles. The molecule has 2 aromatic rings. The molecular formula is C19H24N4O4. The quantitative estimate of drug-likeness (QED) is 0.614. The Kier molecular flexibility index (Phi) is 7.10. The fourth-order valence-electron chi connectivity index (χ4n) is 2.64.